The van der Waals surface area contributed by atoms with E-state index in [1.807, 2.05) is 13.8 Å². The predicted molar refractivity (Wildman–Crippen MR) is 128 cm³/mol. The summed E-state index contributed by atoms with van der Waals surface area (Å²) in [4.78, 5) is 8.25. The van der Waals surface area contributed by atoms with Crippen LogP contribution in [0.3, 0.4) is 0 Å². The van der Waals surface area contributed by atoms with E-state index in [4.69, 9.17) is 4.74 Å². The Labute approximate surface area is 201 Å². The fraction of sp³-hybridized carbons (Fsp3) is 0.231. The zero-order valence-corrected chi connectivity index (χ0v) is 19.9. The fourth-order valence-corrected chi connectivity index (χ4v) is 5.23. The molecule has 0 spiro atoms. The van der Waals surface area contributed by atoms with Crippen LogP contribution >= 0.6 is 0 Å². The van der Waals surface area contributed by atoms with Crippen LogP contribution in [0.5, 0.6) is 11.5 Å². The Bertz CT molecular complexity index is 1470. The van der Waals surface area contributed by atoms with Crippen molar-refractivity contribution in [3.05, 3.63) is 78.6 Å². The molecule has 0 unspecified atom stereocenters. The Balaban J connectivity index is 1.66. The molecular formula is C26H23F3N2O3S. The number of alkyl halides is 3. The van der Waals surface area contributed by atoms with Crippen LogP contribution in [0.2, 0.25) is 0 Å². The van der Waals surface area contributed by atoms with E-state index in [1.54, 1.807) is 42.5 Å². The minimum atomic E-state index is -4.55. The van der Waals surface area contributed by atoms with Crippen molar-refractivity contribution in [1.29, 1.82) is 0 Å². The van der Waals surface area contributed by atoms with Gasteiger partial charge in [-0.25, -0.2) is 18.4 Å². The average molecular weight is 501 g/mol. The van der Waals surface area contributed by atoms with Gasteiger partial charge in [0.2, 0.25) is 0 Å². The molecule has 0 aliphatic heterocycles. The molecule has 4 rings (SSSR count). The van der Waals surface area contributed by atoms with Crippen LogP contribution in [0, 0.1) is 5.92 Å². The number of rotatable bonds is 7. The predicted octanol–water partition coefficient (Wildman–Crippen LogP) is 6.93. The highest BCUT2D eigenvalue weighted by Crippen LogP contribution is 2.37. The highest BCUT2D eigenvalue weighted by molar-refractivity contribution is 7.91. The molecule has 0 radical (unpaired) electrons. The van der Waals surface area contributed by atoms with Crippen molar-refractivity contribution in [2.45, 2.75) is 31.3 Å². The Morgan fingerprint density at radius 1 is 0.914 bits per heavy atom. The first-order valence-electron chi connectivity index (χ1n) is 11.0. The van der Waals surface area contributed by atoms with Crippen molar-refractivity contribution in [3.63, 3.8) is 0 Å². The first-order valence-corrected chi connectivity index (χ1v) is 12.6. The third-order valence-corrected chi connectivity index (χ3v) is 7.19. The minimum absolute atomic E-state index is 0.0459. The molecule has 0 aliphatic carbocycles. The van der Waals surface area contributed by atoms with Gasteiger partial charge in [0.1, 0.15) is 17.8 Å². The average Bonchev–Trinajstić information content (AvgIpc) is 2.82. The normalized spacial score (nSPS) is 12.3. The van der Waals surface area contributed by atoms with Gasteiger partial charge < -0.3 is 4.74 Å². The number of halogens is 3. The van der Waals surface area contributed by atoms with Gasteiger partial charge in [-0.15, -0.1) is 0 Å². The Morgan fingerprint density at radius 3 is 2.31 bits per heavy atom. The Morgan fingerprint density at radius 2 is 1.60 bits per heavy atom. The summed E-state index contributed by atoms with van der Waals surface area (Å²) in [5.41, 5.74) is -0.149. The van der Waals surface area contributed by atoms with E-state index in [1.165, 1.54) is 18.2 Å². The second-order valence-electron chi connectivity index (χ2n) is 8.53. The summed E-state index contributed by atoms with van der Waals surface area (Å²) in [5, 5.41) is 0.262. The van der Waals surface area contributed by atoms with Crippen LogP contribution in [0.25, 0.3) is 22.2 Å². The molecule has 0 N–H and O–H groups in total. The Hall–Kier alpha value is -3.46. The van der Waals surface area contributed by atoms with Gasteiger partial charge in [-0.05, 0) is 48.7 Å². The number of aromatic nitrogens is 2. The van der Waals surface area contributed by atoms with E-state index in [2.05, 4.69) is 9.97 Å². The maximum atomic E-state index is 13.4. The van der Waals surface area contributed by atoms with Crippen LogP contribution in [0.1, 0.15) is 25.8 Å². The lowest BCUT2D eigenvalue weighted by molar-refractivity contribution is -0.136. The molecule has 4 aromatic rings. The van der Waals surface area contributed by atoms with Crippen molar-refractivity contribution in [3.8, 4) is 22.8 Å². The molecule has 1 aromatic heterocycles. The van der Waals surface area contributed by atoms with Gasteiger partial charge in [-0.2, -0.15) is 13.2 Å². The summed E-state index contributed by atoms with van der Waals surface area (Å²) in [6, 6.07) is 16.8. The second-order valence-corrected chi connectivity index (χ2v) is 10.6. The number of nitrogens with zero attached hydrogens (tertiary/aromatic N) is 2. The van der Waals surface area contributed by atoms with Crippen molar-refractivity contribution in [1.82, 2.24) is 9.97 Å². The van der Waals surface area contributed by atoms with E-state index >= 15 is 0 Å². The van der Waals surface area contributed by atoms with E-state index in [-0.39, 0.29) is 27.5 Å². The summed E-state index contributed by atoms with van der Waals surface area (Å²) >= 11 is 0. The van der Waals surface area contributed by atoms with Crippen LogP contribution in [-0.4, -0.2) is 24.1 Å². The molecule has 9 heteroatoms. The largest absolute Gasteiger partial charge is 0.457 e. The van der Waals surface area contributed by atoms with Gasteiger partial charge in [-0.1, -0.05) is 44.2 Å². The van der Waals surface area contributed by atoms with Gasteiger partial charge >= 0.3 is 6.18 Å². The number of benzene rings is 3. The van der Waals surface area contributed by atoms with Crippen molar-refractivity contribution in [2.75, 3.05) is 5.75 Å². The molecule has 0 saturated heterocycles. The molecule has 0 atom stereocenters. The SMILES string of the molecule is CC(C)CCS(=O)(=O)c1cccc(Oc2cccc(-c3ncnc4c(C(F)(F)F)cccc34)c2)c1. The number of hydrogen-bond acceptors (Lipinski definition) is 5. The standard InChI is InChI=1S/C26H23F3N2O3S/c1-17(2)12-13-35(32,33)21-9-4-8-20(15-21)34-19-7-3-6-18(14-19)24-22-10-5-11-23(26(27,28)29)25(22)31-16-30-24/h3-11,14-17H,12-13H2,1-2H3. The fourth-order valence-electron chi connectivity index (χ4n) is 3.63. The molecule has 0 amide bonds. The summed E-state index contributed by atoms with van der Waals surface area (Å²) < 4.78 is 71.5. The smallest absolute Gasteiger partial charge is 0.418 e. The van der Waals surface area contributed by atoms with Crippen LogP contribution < -0.4 is 4.74 Å². The summed E-state index contributed by atoms with van der Waals surface area (Å²) in [6.07, 6.45) is -2.89. The number of hydrogen-bond donors (Lipinski definition) is 0. The second kappa shape index (κ2) is 9.65. The van der Waals surface area contributed by atoms with Crippen molar-refractivity contribution in [2.24, 2.45) is 5.92 Å². The minimum Gasteiger partial charge on any atom is -0.457 e. The zero-order valence-electron chi connectivity index (χ0n) is 19.1. The topological polar surface area (TPSA) is 69.2 Å². The lowest BCUT2D eigenvalue weighted by Crippen LogP contribution is -2.09. The van der Waals surface area contributed by atoms with E-state index in [0.29, 0.717) is 29.2 Å². The number of para-hydroxylation sites is 1. The maximum absolute atomic E-state index is 13.4. The van der Waals surface area contributed by atoms with Gasteiger partial charge in [-0.3, -0.25) is 0 Å². The van der Waals surface area contributed by atoms with Crippen LogP contribution in [0.4, 0.5) is 13.2 Å². The molecular weight excluding hydrogens is 477 g/mol. The van der Waals surface area contributed by atoms with Gasteiger partial charge in [0.15, 0.2) is 9.84 Å². The summed E-state index contributed by atoms with van der Waals surface area (Å²) in [5.74, 6) is 1.03. The molecule has 0 bridgehead atoms. The summed E-state index contributed by atoms with van der Waals surface area (Å²) in [6.45, 7) is 3.93. The van der Waals surface area contributed by atoms with Gasteiger partial charge in [0, 0.05) is 10.9 Å². The lowest BCUT2D eigenvalue weighted by Gasteiger charge is -2.13. The van der Waals surface area contributed by atoms with E-state index < -0.39 is 21.6 Å². The number of fused-ring (bicyclic) bond motifs is 1. The van der Waals surface area contributed by atoms with Gasteiger partial charge in [0.05, 0.1) is 27.4 Å². The highest BCUT2D eigenvalue weighted by atomic mass is 32.2. The number of ether oxygens (including phenoxy) is 1. The first-order chi connectivity index (χ1) is 16.5. The van der Waals surface area contributed by atoms with Crippen LogP contribution in [-0.2, 0) is 16.0 Å². The third kappa shape index (κ3) is 5.62. The highest BCUT2D eigenvalue weighted by Gasteiger charge is 2.33. The third-order valence-electron chi connectivity index (χ3n) is 5.44. The number of sulfone groups is 1. The molecule has 182 valence electrons. The van der Waals surface area contributed by atoms with E-state index in [9.17, 15) is 21.6 Å². The molecule has 0 saturated carbocycles. The maximum Gasteiger partial charge on any atom is 0.418 e. The molecule has 1 heterocycles. The first kappa shape index (κ1) is 24.7. The summed E-state index contributed by atoms with van der Waals surface area (Å²) in [7, 11) is -3.45. The Kier molecular flexibility index (Phi) is 6.80. The molecule has 35 heavy (non-hydrogen) atoms. The lowest BCUT2D eigenvalue weighted by atomic mass is 10.0. The monoisotopic (exact) mass is 500 g/mol. The molecule has 3 aromatic carbocycles. The molecule has 5 nitrogen and oxygen atoms in total. The molecule has 0 aliphatic rings. The van der Waals surface area contributed by atoms with E-state index in [0.717, 1.165) is 12.4 Å². The van der Waals surface area contributed by atoms with Crippen molar-refractivity contribution >= 4 is 20.7 Å². The molecule has 0 fully saturated rings. The van der Waals surface area contributed by atoms with Crippen LogP contribution in [0.15, 0.2) is 78.0 Å². The van der Waals surface area contributed by atoms with Crippen molar-refractivity contribution < 1.29 is 26.3 Å². The van der Waals surface area contributed by atoms with Gasteiger partial charge in [0.25, 0.3) is 0 Å². The quantitative estimate of drug-likeness (QED) is 0.275. The zero-order chi connectivity index (χ0) is 25.2.